The standard InChI is InChI=1S/C15H24N2O/c1-18-14-10-6-9-13(11-14)15(17-16)12-7-4-2-3-5-8-12/h6,9-12,15,17H,2-5,7-8,16H2,1H3. The first-order chi connectivity index (χ1) is 8.85. The van der Waals surface area contributed by atoms with Gasteiger partial charge in [0.1, 0.15) is 5.75 Å². The van der Waals surface area contributed by atoms with E-state index in [0.717, 1.165) is 5.75 Å². The van der Waals surface area contributed by atoms with Crippen molar-refractivity contribution in [3.05, 3.63) is 29.8 Å². The van der Waals surface area contributed by atoms with E-state index in [1.54, 1.807) is 7.11 Å². The van der Waals surface area contributed by atoms with Crippen LogP contribution in [0.2, 0.25) is 0 Å². The van der Waals surface area contributed by atoms with Gasteiger partial charge in [-0.1, -0.05) is 37.8 Å². The Balaban J connectivity index is 2.15. The van der Waals surface area contributed by atoms with Crippen LogP contribution in [0.15, 0.2) is 24.3 Å². The van der Waals surface area contributed by atoms with Crippen molar-refractivity contribution in [3.8, 4) is 5.75 Å². The van der Waals surface area contributed by atoms with Crippen LogP contribution < -0.4 is 16.0 Å². The fourth-order valence-corrected chi connectivity index (χ4v) is 2.98. The van der Waals surface area contributed by atoms with Gasteiger partial charge in [0.15, 0.2) is 0 Å². The van der Waals surface area contributed by atoms with Crippen LogP contribution in [-0.4, -0.2) is 7.11 Å². The second-order valence-electron chi connectivity index (χ2n) is 5.17. The maximum absolute atomic E-state index is 5.79. The molecule has 1 fully saturated rings. The van der Waals surface area contributed by atoms with Crippen LogP contribution in [0.25, 0.3) is 0 Å². The molecule has 3 N–H and O–H groups in total. The Morgan fingerprint density at radius 2 is 1.94 bits per heavy atom. The average molecular weight is 248 g/mol. The SMILES string of the molecule is COc1cccc(C(NN)C2CCCCCC2)c1. The van der Waals surface area contributed by atoms with Crippen molar-refractivity contribution in [2.75, 3.05) is 7.11 Å². The summed E-state index contributed by atoms with van der Waals surface area (Å²) in [7, 11) is 1.70. The fourth-order valence-electron chi connectivity index (χ4n) is 2.98. The van der Waals surface area contributed by atoms with E-state index in [4.69, 9.17) is 10.6 Å². The minimum Gasteiger partial charge on any atom is -0.497 e. The Morgan fingerprint density at radius 1 is 1.22 bits per heavy atom. The molecule has 1 aliphatic carbocycles. The number of hydrogen-bond donors (Lipinski definition) is 2. The van der Waals surface area contributed by atoms with Crippen molar-refractivity contribution in [1.82, 2.24) is 5.43 Å². The van der Waals surface area contributed by atoms with Crippen molar-refractivity contribution in [1.29, 1.82) is 0 Å². The summed E-state index contributed by atoms with van der Waals surface area (Å²) in [5.74, 6) is 7.33. The lowest BCUT2D eigenvalue weighted by atomic mass is 9.87. The van der Waals surface area contributed by atoms with Crippen LogP contribution >= 0.6 is 0 Å². The second kappa shape index (κ2) is 6.76. The van der Waals surface area contributed by atoms with Gasteiger partial charge in [-0.15, -0.1) is 0 Å². The molecule has 3 heteroatoms. The zero-order valence-corrected chi connectivity index (χ0v) is 11.2. The maximum Gasteiger partial charge on any atom is 0.119 e. The van der Waals surface area contributed by atoms with Gasteiger partial charge in [0, 0.05) is 6.04 Å². The summed E-state index contributed by atoms with van der Waals surface area (Å²) in [6.07, 6.45) is 7.93. The van der Waals surface area contributed by atoms with Crippen molar-refractivity contribution in [3.63, 3.8) is 0 Å². The first-order valence-corrected chi connectivity index (χ1v) is 6.95. The summed E-state index contributed by atoms with van der Waals surface area (Å²) in [6.45, 7) is 0. The zero-order chi connectivity index (χ0) is 12.8. The number of ether oxygens (including phenoxy) is 1. The largest absolute Gasteiger partial charge is 0.497 e. The highest BCUT2D eigenvalue weighted by Gasteiger charge is 2.23. The molecule has 1 saturated carbocycles. The van der Waals surface area contributed by atoms with Gasteiger partial charge in [-0.05, 0) is 36.5 Å². The summed E-state index contributed by atoms with van der Waals surface area (Å²) in [6, 6.07) is 8.49. The third-order valence-electron chi connectivity index (χ3n) is 4.00. The van der Waals surface area contributed by atoms with E-state index in [-0.39, 0.29) is 6.04 Å². The molecule has 0 saturated heterocycles. The summed E-state index contributed by atoms with van der Waals surface area (Å²) in [5.41, 5.74) is 4.25. The normalized spacial score (nSPS) is 19.2. The van der Waals surface area contributed by atoms with Gasteiger partial charge in [-0.25, -0.2) is 0 Å². The summed E-state index contributed by atoms with van der Waals surface area (Å²) in [4.78, 5) is 0. The summed E-state index contributed by atoms with van der Waals surface area (Å²) >= 11 is 0. The van der Waals surface area contributed by atoms with Crippen LogP contribution in [0.1, 0.15) is 50.1 Å². The molecule has 0 radical (unpaired) electrons. The quantitative estimate of drug-likeness (QED) is 0.489. The van der Waals surface area contributed by atoms with Gasteiger partial charge in [-0.3, -0.25) is 11.3 Å². The number of nitrogens with one attached hydrogen (secondary N) is 1. The van der Waals surface area contributed by atoms with Gasteiger partial charge in [0.05, 0.1) is 7.11 Å². The molecule has 0 amide bonds. The minimum atomic E-state index is 0.248. The molecule has 0 spiro atoms. The number of benzene rings is 1. The monoisotopic (exact) mass is 248 g/mol. The van der Waals surface area contributed by atoms with Gasteiger partial charge in [-0.2, -0.15) is 0 Å². The average Bonchev–Trinajstić information content (AvgIpc) is 2.69. The highest BCUT2D eigenvalue weighted by atomic mass is 16.5. The fraction of sp³-hybridized carbons (Fsp3) is 0.600. The topological polar surface area (TPSA) is 47.3 Å². The van der Waals surface area contributed by atoms with Crippen molar-refractivity contribution in [2.45, 2.75) is 44.6 Å². The lowest BCUT2D eigenvalue weighted by Crippen LogP contribution is -2.33. The van der Waals surface area contributed by atoms with E-state index in [9.17, 15) is 0 Å². The first kappa shape index (κ1) is 13.4. The third-order valence-corrected chi connectivity index (χ3v) is 4.00. The lowest BCUT2D eigenvalue weighted by Gasteiger charge is -2.26. The Kier molecular flexibility index (Phi) is 5.02. The minimum absolute atomic E-state index is 0.248. The van der Waals surface area contributed by atoms with E-state index in [1.807, 2.05) is 12.1 Å². The molecule has 3 nitrogen and oxygen atoms in total. The molecule has 0 aromatic heterocycles. The number of nitrogens with two attached hydrogens (primary N) is 1. The molecule has 0 bridgehead atoms. The first-order valence-electron chi connectivity index (χ1n) is 6.95. The Bertz CT molecular complexity index is 359. The van der Waals surface area contributed by atoms with Crippen molar-refractivity contribution in [2.24, 2.45) is 11.8 Å². The van der Waals surface area contributed by atoms with Crippen LogP contribution in [-0.2, 0) is 0 Å². The zero-order valence-electron chi connectivity index (χ0n) is 11.2. The molecule has 0 heterocycles. The number of hydrazine groups is 1. The Morgan fingerprint density at radius 3 is 2.56 bits per heavy atom. The molecule has 2 rings (SSSR count). The van der Waals surface area contributed by atoms with Gasteiger partial charge in [0.2, 0.25) is 0 Å². The smallest absolute Gasteiger partial charge is 0.119 e. The molecule has 1 atom stereocenters. The second-order valence-corrected chi connectivity index (χ2v) is 5.17. The Hall–Kier alpha value is -1.06. The summed E-state index contributed by atoms with van der Waals surface area (Å²) in [5, 5.41) is 0. The van der Waals surface area contributed by atoms with E-state index < -0.39 is 0 Å². The van der Waals surface area contributed by atoms with Gasteiger partial charge < -0.3 is 4.74 Å². The van der Waals surface area contributed by atoms with Crippen LogP contribution in [0.5, 0.6) is 5.75 Å². The highest BCUT2D eigenvalue weighted by molar-refractivity contribution is 5.30. The van der Waals surface area contributed by atoms with Crippen LogP contribution in [0.4, 0.5) is 0 Å². The molecular weight excluding hydrogens is 224 g/mol. The lowest BCUT2D eigenvalue weighted by molar-refractivity contribution is 0.327. The van der Waals surface area contributed by atoms with E-state index >= 15 is 0 Å². The van der Waals surface area contributed by atoms with Crippen LogP contribution in [0, 0.1) is 5.92 Å². The molecule has 1 aliphatic rings. The van der Waals surface area contributed by atoms with E-state index in [2.05, 4.69) is 17.6 Å². The number of rotatable bonds is 4. The molecular formula is C15H24N2O. The van der Waals surface area contributed by atoms with Gasteiger partial charge >= 0.3 is 0 Å². The number of methoxy groups -OCH3 is 1. The van der Waals surface area contributed by atoms with Gasteiger partial charge in [0.25, 0.3) is 0 Å². The van der Waals surface area contributed by atoms with E-state index in [1.165, 1.54) is 44.1 Å². The maximum atomic E-state index is 5.79. The molecule has 0 aliphatic heterocycles. The predicted octanol–water partition coefficient (Wildman–Crippen LogP) is 3.17. The number of hydrogen-bond acceptors (Lipinski definition) is 3. The summed E-state index contributed by atoms with van der Waals surface area (Å²) < 4.78 is 5.29. The molecule has 100 valence electrons. The molecule has 18 heavy (non-hydrogen) atoms. The van der Waals surface area contributed by atoms with Crippen molar-refractivity contribution >= 4 is 0 Å². The highest BCUT2D eigenvalue weighted by Crippen LogP contribution is 2.34. The molecule has 1 aromatic carbocycles. The third kappa shape index (κ3) is 3.24. The molecule has 1 aromatic rings. The van der Waals surface area contributed by atoms with E-state index in [0.29, 0.717) is 5.92 Å². The Labute approximate surface area is 110 Å². The van der Waals surface area contributed by atoms with Crippen molar-refractivity contribution < 1.29 is 4.74 Å². The predicted molar refractivity (Wildman–Crippen MR) is 74.3 cm³/mol. The molecule has 1 unspecified atom stereocenters. The van der Waals surface area contributed by atoms with Crippen LogP contribution in [0.3, 0.4) is 0 Å².